The van der Waals surface area contributed by atoms with Gasteiger partial charge in [0.15, 0.2) is 11.6 Å². The van der Waals surface area contributed by atoms with Crippen LogP contribution >= 0.6 is 0 Å². The molecule has 200 valence electrons. The summed E-state index contributed by atoms with van der Waals surface area (Å²) >= 11 is 0. The number of benzene rings is 5. The maximum atomic E-state index is 5.13. The summed E-state index contributed by atoms with van der Waals surface area (Å²) < 4.78 is 6.79. The van der Waals surface area contributed by atoms with Gasteiger partial charge in [-0.2, -0.15) is 4.98 Å². The maximum absolute atomic E-state index is 5.13. The molecule has 0 radical (unpaired) electrons. The standard InChI is InChI=1S/C36H26N6/c1-40-35-34(38-29(22-37-35)23-12-4-2-5-13-23)39-36(40)42-31-19-11-9-17-26(31)28-20-32-27(21-33(28)42)25-16-8-10-18-30(25)41(32)24-14-6-3-7-15-24/h2-21,37H,22H2,1H3. The van der Waals surface area contributed by atoms with Crippen LogP contribution in [0, 0.1) is 0 Å². The number of para-hydroxylation sites is 3. The quantitative estimate of drug-likeness (QED) is 0.245. The third-order valence-electron chi connectivity index (χ3n) is 8.50. The van der Waals surface area contributed by atoms with Crippen LogP contribution in [0.4, 0.5) is 11.6 Å². The number of anilines is 1. The Kier molecular flexibility index (Phi) is 4.78. The van der Waals surface area contributed by atoms with Crippen LogP contribution in [-0.2, 0) is 7.05 Å². The first-order chi connectivity index (χ1) is 20.8. The van der Waals surface area contributed by atoms with E-state index in [1.165, 1.54) is 32.6 Å². The summed E-state index contributed by atoms with van der Waals surface area (Å²) in [4.78, 5) is 10.1. The second-order valence-electron chi connectivity index (χ2n) is 10.8. The minimum Gasteiger partial charge on any atom is -0.363 e. The van der Waals surface area contributed by atoms with Crippen LogP contribution in [-0.4, -0.2) is 30.9 Å². The second-order valence-corrected chi connectivity index (χ2v) is 10.8. The van der Waals surface area contributed by atoms with Crippen LogP contribution in [0.5, 0.6) is 0 Å². The fraction of sp³-hybridized carbons (Fsp3) is 0.0556. The Hall–Kier alpha value is -5.62. The molecule has 1 N–H and O–H groups in total. The number of imidazole rings is 1. The molecular formula is C36H26N6. The Balaban J connectivity index is 1.34. The SMILES string of the molecule is Cn1c(-n2c3ccccc3c3cc4c(cc32)c2ccccc2n4-c2ccccc2)nc2c1NCC(c1ccccc1)=N2. The Morgan fingerprint density at radius 3 is 1.86 bits per heavy atom. The van der Waals surface area contributed by atoms with Gasteiger partial charge >= 0.3 is 0 Å². The first-order valence-corrected chi connectivity index (χ1v) is 14.2. The zero-order chi connectivity index (χ0) is 27.8. The number of rotatable bonds is 3. The van der Waals surface area contributed by atoms with Gasteiger partial charge < -0.3 is 9.88 Å². The fourth-order valence-corrected chi connectivity index (χ4v) is 6.58. The molecule has 4 heterocycles. The van der Waals surface area contributed by atoms with Gasteiger partial charge in [-0.3, -0.25) is 9.13 Å². The van der Waals surface area contributed by atoms with Crippen LogP contribution in [0.15, 0.2) is 126 Å². The summed E-state index contributed by atoms with van der Waals surface area (Å²) in [5, 5.41) is 8.42. The molecule has 5 aromatic carbocycles. The number of aliphatic imine (C=N–C) groups is 1. The van der Waals surface area contributed by atoms with Gasteiger partial charge in [-0.1, -0.05) is 84.9 Å². The van der Waals surface area contributed by atoms with Gasteiger partial charge in [-0.15, -0.1) is 0 Å². The summed E-state index contributed by atoms with van der Waals surface area (Å²) in [5.74, 6) is 2.48. The van der Waals surface area contributed by atoms with Gasteiger partial charge in [-0.05, 0) is 42.0 Å². The minimum absolute atomic E-state index is 0.656. The molecule has 0 spiro atoms. The Labute approximate surface area is 241 Å². The normalized spacial score (nSPS) is 13.1. The highest BCUT2D eigenvalue weighted by molar-refractivity contribution is 6.19. The van der Waals surface area contributed by atoms with Crippen molar-refractivity contribution in [2.75, 3.05) is 11.9 Å². The van der Waals surface area contributed by atoms with Crippen molar-refractivity contribution in [1.29, 1.82) is 0 Å². The second kappa shape index (κ2) is 8.69. The summed E-state index contributed by atoms with van der Waals surface area (Å²) in [6.45, 7) is 0.656. The third kappa shape index (κ3) is 3.20. The molecule has 0 fully saturated rings. The first kappa shape index (κ1) is 23.1. The molecule has 0 aliphatic carbocycles. The highest BCUT2D eigenvalue weighted by atomic mass is 15.3. The van der Waals surface area contributed by atoms with Crippen LogP contribution in [0.1, 0.15) is 5.56 Å². The summed E-state index contributed by atoms with van der Waals surface area (Å²) in [6, 6.07) is 42.9. The Bertz CT molecular complexity index is 2350. The van der Waals surface area contributed by atoms with E-state index in [2.05, 4.69) is 129 Å². The molecular weight excluding hydrogens is 516 g/mol. The molecule has 6 heteroatoms. The van der Waals surface area contributed by atoms with Crippen molar-refractivity contribution < 1.29 is 0 Å². The van der Waals surface area contributed by atoms with Gasteiger partial charge in [0.1, 0.15) is 0 Å². The predicted octanol–water partition coefficient (Wildman–Crippen LogP) is 8.16. The molecule has 42 heavy (non-hydrogen) atoms. The highest BCUT2D eigenvalue weighted by Crippen LogP contribution is 2.40. The average Bonchev–Trinajstić information content (AvgIpc) is 3.67. The summed E-state index contributed by atoms with van der Waals surface area (Å²) in [6.07, 6.45) is 0. The van der Waals surface area contributed by atoms with E-state index in [1.54, 1.807) is 0 Å². The van der Waals surface area contributed by atoms with E-state index >= 15 is 0 Å². The highest BCUT2D eigenvalue weighted by Gasteiger charge is 2.24. The smallest absolute Gasteiger partial charge is 0.218 e. The number of hydrogen-bond donors (Lipinski definition) is 1. The zero-order valence-electron chi connectivity index (χ0n) is 23.0. The molecule has 1 aliphatic rings. The van der Waals surface area contributed by atoms with E-state index in [-0.39, 0.29) is 0 Å². The van der Waals surface area contributed by atoms with E-state index < -0.39 is 0 Å². The number of aromatic nitrogens is 4. The molecule has 0 atom stereocenters. The van der Waals surface area contributed by atoms with Crippen LogP contribution < -0.4 is 5.32 Å². The lowest BCUT2D eigenvalue weighted by Gasteiger charge is -2.15. The molecule has 6 nitrogen and oxygen atoms in total. The van der Waals surface area contributed by atoms with Crippen LogP contribution in [0.3, 0.4) is 0 Å². The predicted molar refractivity (Wildman–Crippen MR) is 173 cm³/mol. The molecule has 3 aromatic heterocycles. The lowest BCUT2D eigenvalue weighted by molar-refractivity contribution is 0.849. The number of hydrogen-bond acceptors (Lipinski definition) is 3. The van der Waals surface area contributed by atoms with Crippen molar-refractivity contribution in [3.05, 3.63) is 127 Å². The Morgan fingerprint density at radius 1 is 0.595 bits per heavy atom. The molecule has 0 unspecified atom stereocenters. The van der Waals surface area contributed by atoms with Crippen molar-refractivity contribution in [3.8, 4) is 11.6 Å². The van der Waals surface area contributed by atoms with Gasteiger partial charge in [0.05, 0.1) is 34.3 Å². The monoisotopic (exact) mass is 542 g/mol. The lowest BCUT2D eigenvalue weighted by Crippen LogP contribution is -2.20. The average molecular weight is 543 g/mol. The van der Waals surface area contributed by atoms with Crippen molar-refractivity contribution in [3.63, 3.8) is 0 Å². The van der Waals surface area contributed by atoms with Crippen LogP contribution in [0.2, 0.25) is 0 Å². The van der Waals surface area contributed by atoms with E-state index in [0.29, 0.717) is 12.4 Å². The molecule has 0 amide bonds. The third-order valence-corrected chi connectivity index (χ3v) is 8.50. The van der Waals surface area contributed by atoms with E-state index in [9.17, 15) is 0 Å². The van der Waals surface area contributed by atoms with Gasteiger partial charge in [0.2, 0.25) is 5.95 Å². The van der Waals surface area contributed by atoms with Crippen molar-refractivity contribution in [2.45, 2.75) is 0 Å². The van der Waals surface area contributed by atoms with Crippen LogP contribution in [0.25, 0.3) is 55.2 Å². The number of nitrogens with zero attached hydrogens (tertiary/aromatic N) is 5. The molecule has 0 bridgehead atoms. The minimum atomic E-state index is 0.656. The largest absolute Gasteiger partial charge is 0.363 e. The van der Waals surface area contributed by atoms with Gasteiger partial charge in [-0.25, -0.2) is 4.99 Å². The van der Waals surface area contributed by atoms with Crippen molar-refractivity contribution in [2.24, 2.45) is 12.0 Å². The van der Waals surface area contributed by atoms with Crippen molar-refractivity contribution >= 4 is 61.0 Å². The lowest BCUT2D eigenvalue weighted by atomic mass is 10.1. The maximum Gasteiger partial charge on any atom is 0.218 e. The topological polar surface area (TPSA) is 52.1 Å². The molecule has 0 saturated carbocycles. The number of nitrogens with one attached hydrogen (secondary N) is 1. The van der Waals surface area contributed by atoms with Gasteiger partial charge in [0, 0.05) is 34.3 Å². The van der Waals surface area contributed by atoms with Gasteiger partial charge in [0.25, 0.3) is 0 Å². The summed E-state index contributed by atoms with van der Waals surface area (Å²) in [5.41, 5.74) is 7.88. The first-order valence-electron chi connectivity index (χ1n) is 14.2. The van der Waals surface area contributed by atoms with E-state index in [4.69, 9.17) is 9.98 Å². The molecule has 9 rings (SSSR count). The summed E-state index contributed by atoms with van der Waals surface area (Å²) in [7, 11) is 2.07. The zero-order valence-corrected chi connectivity index (χ0v) is 23.0. The fourth-order valence-electron chi connectivity index (χ4n) is 6.58. The Morgan fingerprint density at radius 2 is 1.17 bits per heavy atom. The van der Waals surface area contributed by atoms with Crippen molar-refractivity contribution in [1.82, 2.24) is 18.7 Å². The molecule has 1 aliphatic heterocycles. The van der Waals surface area contributed by atoms with E-state index in [1.807, 2.05) is 18.2 Å². The number of fused-ring (bicyclic) bond motifs is 7. The molecule has 0 saturated heterocycles. The molecule has 8 aromatic rings. The van der Waals surface area contributed by atoms with E-state index in [0.717, 1.165) is 39.8 Å².